The summed E-state index contributed by atoms with van der Waals surface area (Å²) in [6.45, 7) is 4.18. The molecule has 2 heterocycles. The van der Waals surface area contributed by atoms with Gasteiger partial charge in [-0.3, -0.25) is 9.59 Å². The zero-order chi connectivity index (χ0) is 22.7. The number of aryl methyl sites for hydroxylation is 1. The van der Waals surface area contributed by atoms with Gasteiger partial charge in [0.15, 0.2) is 0 Å². The van der Waals surface area contributed by atoms with Crippen molar-refractivity contribution in [2.24, 2.45) is 13.0 Å². The van der Waals surface area contributed by atoms with E-state index in [1.165, 1.54) is 0 Å². The van der Waals surface area contributed by atoms with Crippen LogP contribution < -0.4 is 10.2 Å². The number of nitrogens with one attached hydrogen (secondary N) is 1. The number of amides is 2. The monoisotopic (exact) mass is 430 g/mol. The van der Waals surface area contributed by atoms with E-state index in [1.807, 2.05) is 92.5 Å². The lowest BCUT2D eigenvalue weighted by Gasteiger charge is -2.23. The number of benzene rings is 2. The van der Waals surface area contributed by atoms with Crippen molar-refractivity contribution in [2.75, 3.05) is 10.2 Å². The van der Waals surface area contributed by atoms with E-state index >= 15 is 0 Å². The van der Waals surface area contributed by atoms with Crippen LogP contribution in [0.15, 0.2) is 67.0 Å². The third-order valence-corrected chi connectivity index (χ3v) is 5.21. The molecule has 0 spiro atoms. The normalized spacial score (nSPS) is 11.1. The van der Waals surface area contributed by atoms with E-state index in [2.05, 4.69) is 15.6 Å². The van der Waals surface area contributed by atoms with Crippen LogP contribution in [-0.4, -0.2) is 31.4 Å². The third kappa shape index (κ3) is 4.69. The summed E-state index contributed by atoms with van der Waals surface area (Å²) in [6, 6.07) is 16.9. The second kappa shape index (κ2) is 9.05. The van der Waals surface area contributed by atoms with Crippen molar-refractivity contribution in [3.8, 4) is 0 Å². The number of fused-ring (bicyclic) bond motifs is 1. The van der Waals surface area contributed by atoms with Crippen molar-refractivity contribution in [1.82, 2.24) is 19.6 Å². The molecule has 1 N–H and O–H groups in total. The first-order valence-electron chi connectivity index (χ1n) is 10.5. The Morgan fingerprint density at radius 2 is 1.81 bits per heavy atom. The summed E-state index contributed by atoms with van der Waals surface area (Å²) in [4.78, 5) is 27.1. The standard InChI is InChI=1S/C24H26N6O2/c1-17(2)24(32)25-19-8-10-20(11-9-19)29(15-18-12-13-28(3)14-18)23(31)16-30-22-7-5-4-6-21(22)26-27-30/h4-14,17H,15-16H2,1-3H3,(H,25,32). The second-order valence-electron chi connectivity index (χ2n) is 8.09. The number of hydrogen-bond donors (Lipinski definition) is 1. The molecule has 0 atom stereocenters. The van der Waals surface area contributed by atoms with Gasteiger partial charge in [0.25, 0.3) is 0 Å². The summed E-state index contributed by atoms with van der Waals surface area (Å²) < 4.78 is 3.57. The highest BCUT2D eigenvalue weighted by Gasteiger charge is 2.19. The predicted molar refractivity (Wildman–Crippen MR) is 124 cm³/mol. The van der Waals surface area contributed by atoms with Crippen LogP contribution in [0.4, 0.5) is 11.4 Å². The van der Waals surface area contributed by atoms with Crippen molar-refractivity contribution >= 4 is 34.2 Å². The van der Waals surface area contributed by atoms with Crippen molar-refractivity contribution in [3.05, 3.63) is 72.6 Å². The first-order valence-corrected chi connectivity index (χ1v) is 10.5. The van der Waals surface area contributed by atoms with Gasteiger partial charge in [0, 0.05) is 36.7 Å². The summed E-state index contributed by atoms with van der Waals surface area (Å²) in [6.07, 6.45) is 3.94. The summed E-state index contributed by atoms with van der Waals surface area (Å²) >= 11 is 0. The molecule has 2 aromatic heterocycles. The molecule has 0 aliphatic heterocycles. The fraction of sp³-hybridized carbons (Fsp3) is 0.250. The summed E-state index contributed by atoms with van der Waals surface area (Å²) in [5.41, 5.74) is 4.02. The molecular formula is C24H26N6O2. The Balaban J connectivity index is 1.59. The predicted octanol–water partition coefficient (Wildman–Crippen LogP) is 3.60. The topological polar surface area (TPSA) is 85.0 Å². The Labute approximate surface area is 186 Å². The lowest BCUT2D eigenvalue weighted by atomic mass is 10.2. The molecule has 0 saturated heterocycles. The molecule has 0 saturated carbocycles. The number of anilines is 2. The first kappa shape index (κ1) is 21.3. The molecule has 4 rings (SSSR count). The molecule has 8 heteroatoms. The largest absolute Gasteiger partial charge is 0.357 e. The maximum Gasteiger partial charge on any atom is 0.249 e. The molecule has 164 valence electrons. The van der Waals surface area contributed by atoms with Gasteiger partial charge in [0.1, 0.15) is 12.1 Å². The van der Waals surface area contributed by atoms with Crippen LogP contribution in [-0.2, 0) is 29.7 Å². The van der Waals surface area contributed by atoms with Gasteiger partial charge in [-0.25, -0.2) is 4.68 Å². The molecule has 8 nitrogen and oxygen atoms in total. The SMILES string of the molecule is CC(C)C(=O)Nc1ccc(N(Cc2ccn(C)c2)C(=O)Cn2nnc3ccccc32)cc1. The van der Waals surface area contributed by atoms with Crippen LogP contribution in [0.2, 0.25) is 0 Å². The van der Waals surface area contributed by atoms with Gasteiger partial charge in [-0.15, -0.1) is 5.10 Å². The van der Waals surface area contributed by atoms with E-state index in [4.69, 9.17) is 0 Å². The first-order chi connectivity index (χ1) is 15.4. The van der Waals surface area contributed by atoms with Crippen LogP contribution >= 0.6 is 0 Å². The van der Waals surface area contributed by atoms with E-state index in [1.54, 1.807) is 9.58 Å². The third-order valence-electron chi connectivity index (χ3n) is 5.21. The molecular weight excluding hydrogens is 404 g/mol. The van der Waals surface area contributed by atoms with Crippen LogP contribution in [0.5, 0.6) is 0 Å². The molecule has 0 radical (unpaired) electrons. The Morgan fingerprint density at radius 1 is 1.06 bits per heavy atom. The molecule has 2 aromatic carbocycles. The van der Waals surface area contributed by atoms with E-state index in [-0.39, 0.29) is 24.3 Å². The number of carbonyl (C=O) groups is 2. The zero-order valence-corrected chi connectivity index (χ0v) is 18.4. The number of nitrogens with zero attached hydrogens (tertiary/aromatic N) is 5. The van der Waals surface area contributed by atoms with E-state index in [9.17, 15) is 9.59 Å². The van der Waals surface area contributed by atoms with E-state index in [0.717, 1.165) is 22.3 Å². The molecule has 0 unspecified atom stereocenters. The van der Waals surface area contributed by atoms with Crippen molar-refractivity contribution in [2.45, 2.75) is 26.9 Å². The summed E-state index contributed by atoms with van der Waals surface area (Å²) in [5.74, 6) is -0.264. The maximum absolute atomic E-state index is 13.4. The van der Waals surface area contributed by atoms with Gasteiger partial charge in [-0.2, -0.15) is 0 Å². The average molecular weight is 431 g/mol. The van der Waals surface area contributed by atoms with Crippen molar-refractivity contribution in [3.63, 3.8) is 0 Å². The van der Waals surface area contributed by atoms with Crippen LogP contribution in [0.1, 0.15) is 19.4 Å². The van der Waals surface area contributed by atoms with E-state index in [0.29, 0.717) is 12.2 Å². The maximum atomic E-state index is 13.4. The molecule has 32 heavy (non-hydrogen) atoms. The highest BCUT2D eigenvalue weighted by atomic mass is 16.2. The Kier molecular flexibility index (Phi) is 6.02. The second-order valence-corrected chi connectivity index (χ2v) is 8.09. The van der Waals surface area contributed by atoms with Gasteiger partial charge in [-0.1, -0.05) is 31.2 Å². The Bertz CT molecular complexity index is 1240. The zero-order valence-electron chi connectivity index (χ0n) is 18.4. The van der Waals surface area contributed by atoms with Gasteiger partial charge < -0.3 is 14.8 Å². The number of rotatable bonds is 7. The average Bonchev–Trinajstić information content (AvgIpc) is 3.38. The number of aromatic nitrogens is 4. The van der Waals surface area contributed by atoms with E-state index < -0.39 is 0 Å². The summed E-state index contributed by atoms with van der Waals surface area (Å²) in [7, 11) is 1.95. The number of hydrogen-bond acceptors (Lipinski definition) is 4. The van der Waals surface area contributed by atoms with Crippen molar-refractivity contribution < 1.29 is 9.59 Å². The quantitative estimate of drug-likeness (QED) is 0.486. The molecule has 0 bridgehead atoms. The Morgan fingerprint density at radius 3 is 2.50 bits per heavy atom. The lowest BCUT2D eigenvalue weighted by Crippen LogP contribution is -2.33. The van der Waals surface area contributed by atoms with Crippen LogP contribution in [0, 0.1) is 5.92 Å². The highest BCUT2D eigenvalue weighted by Crippen LogP contribution is 2.22. The minimum Gasteiger partial charge on any atom is -0.357 e. The van der Waals surface area contributed by atoms with Crippen molar-refractivity contribution in [1.29, 1.82) is 0 Å². The van der Waals surface area contributed by atoms with Crippen LogP contribution in [0.3, 0.4) is 0 Å². The fourth-order valence-corrected chi connectivity index (χ4v) is 3.42. The lowest BCUT2D eigenvalue weighted by molar-refractivity contribution is -0.120. The minimum atomic E-state index is -0.108. The minimum absolute atomic E-state index is 0.0481. The van der Waals surface area contributed by atoms with Gasteiger partial charge in [0.05, 0.1) is 12.1 Å². The highest BCUT2D eigenvalue weighted by molar-refractivity contribution is 5.95. The van der Waals surface area contributed by atoms with Gasteiger partial charge in [0.2, 0.25) is 11.8 Å². The molecule has 0 aliphatic rings. The number of carbonyl (C=O) groups excluding carboxylic acids is 2. The summed E-state index contributed by atoms with van der Waals surface area (Å²) in [5, 5.41) is 11.2. The molecule has 4 aromatic rings. The molecule has 0 fully saturated rings. The Hall–Kier alpha value is -3.94. The van der Waals surface area contributed by atoms with Crippen LogP contribution in [0.25, 0.3) is 11.0 Å². The fourth-order valence-electron chi connectivity index (χ4n) is 3.42. The molecule has 2 amide bonds. The number of para-hydroxylation sites is 1. The van der Waals surface area contributed by atoms with Gasteiger partial charge in [-0.05, 0) is 48.0 Å². The smallest absolute Gasteiger partial charge is 0.249 e. The molecule has 0 aliphatic carbocycles. The van der Waals surface area contributed by atoms with Gasteiger partial charge >= 0.3 is 0 Å².